The van der Waals surface area contributed by atoms with Crippen molar-refractivity contribution in [3.05, 3.63) is 0 Å². The zero-order chi connectivity index (χ0) is 12.6. The molecule has 2 atom stereocenters. The number of ether oxygens (including phenoxy) is 1. The minimum atomic E-state index is -0.892. The summed E-state index contributed by atoms with van der Waals surface area (Å²) in [6, 6.07) is 0. The topological polar surface area (TPSA) is 46.5 Å². The third-order valence-electron chi connectivity index (χ3n) is 3.20. The Balaban J connectivity index is 4.64. The van der Waals surface area contributed by atoms with Crippen molar-refractivity contribution >= 4 is 5.97 Å². The van der Waals surface area contributed by atoms with Crippen molar-refractivity contribution in [2.24, 2.45) is 5.92 Å². The van der Waals surface area contributed by atoms with Gasteiger partial charge in [-0.2, -0.15) is 0 Å². The Morgan fingerprint density at radius 1 is 1.31 bits per heavy atom. The minimum Gasteiger partial charge on any atom is -0.466 e. The van der Waals surface area contributed by atoms with E-state index in [0.29, 0.717) is 25.9 Å². The lowest BCUT2D eigenvalue weighted by Crippen LogP contribution is -2.42. The summed E-state index contributed by atoms with van der Waals surface area (Å²) in [6.45, 7) is 8.11. The molecule has 3 nitrogen and oxygen atoms in total. The Kier molecular flexibility index (Phi) is 7.39. The van der Waals surface area contributed by atoms with E-state index in [1.54, 1.807) is 6.92 Å². The first kappa shape index (κ1) is 15.4. The quantitative estimate of drug-likeness (QED) is 0.652. The maximum atomic E-state index is 11.8. The van der Waals surface area contributed by atoms with Gasteiger partial charge in [0.1, 0.15) is 0 Å². The highest BCUT2D eigenvalue weighted by Gasteiger charge is 2.39. The van der Waals surface area contributed by atoms with Crippen molar-refractivity contribution in [2.75, 3.05) is 6.61 Å². The van der Waals surface area contributed by atoms with Gasteiger partial charge >= 0.3 is 5.97 Å². The van der Waals surface area contributed by atoms with Crippen molar-refractivity contribution in [1.82, 2.24) is 0 Å². The molecule has 0 aromatic carbocycles. The van der Waals surface area contributed by atoms with Gasteiger partial charge in [0.15, 0.2) is 0 Å². The largest absolute Gasteiger partial charge is 0.466 e. The summed E-state index contributed by atoms with van der Waals surface area (Å²) < 4.78 is 5.02. The molecule has 1 N–H and O–H groups in total. The smallest absolute Gasteiger partial charge is 0.311 e. The monoisotopic (exact) mass is 230 g/mol. The molecule has 0 heterocycles. The number of rotatable bonds is 8. The molecule has 0 saturated heterocycles. The molecule has 0 aromatic rings. The number of unbranched alkanes of at least 4 members (excludes halogenated alkanes) is 1. The third kappa shape index (κ3) is 4.12. The van der Waals surface area contributed by atoms with Crippen molar-refractivity contribution in [2.45, 2.75) is 65.4 Å². The van der Waals surface area contributed by atoms with Crippen LogP contribution in [0.3, 0.4) is 0 Å². The number of carbonyl (C=O) groups is 1. The number of hydrogen-bond acceptors (Lipinski definition) is 3. The molecule has 0 radical (unpaired) electrons. The van der Waals surface area contributed by atoms with Crippen molar-refractivity contribution in [1.29, 1.82) is 0 Å². The number of carbonyl (C=O) groups excluding carboxylic acids is 1. The standard InChI is InChI=1S/C13H26O3/c1-5-9-10-13(15,7-3)11(6-2)12(14)16-8-4/h11,15H,5-10H2,1-4H3. The van der Waals surface area contributed by atoms with E-state index in [1.807, 2.05) is 13.8 Å². The van der Waals surface area contributed by atoms with Crippen LogP contribution in [-0.2, 0) is 9.53 Å². The molecule has 0 aromatic heterocycles. The van der Waals surface area contributed by atoms with Gasteiger partial charge < -0.3 is 9.84 Å². The maximum Gasteiger partial charge on any atom is 0.311 e. The Morgan fingerprint density at radius 2 is 1.94 bits per heavy atom. The van der Waals surface area contributed by atoms with E-state index in [0.717, 1.165) is 12.8 Å². The van der Waals surface area contributed by atoms with Crippen molar-refractivity contribution in [3.63, 3.8) is 0 Å². The average Bonchev–Trinajstić information content (AvgIpc) is 2.27. The van der Waals surface area contributed by atoms with Crippen LogP contribution >= 0.6 is 0 Å². The molecule has 0 saturated carbocycles. The number of aliphatic hydroxyl groups is 1. The second kappa shape index (κ2) is 7.66. The molecule has 2 unspecified atom stereocenters. The molecule has 96 valence electrons. The van der Waals surface area contributed by atoms with Crippen LogP contribution in [0.15, 0.2) is 0 Å². The van der Waals surface area contributed by atoms with E-state index in [4.69, 9.17) is 4.74 Å². The highest BCUT2D eigenvalue weighted by atomic mass is 16.5. The average molecular weight is 230 g/mol. The molecule has 0 amide bonds. The molecule has 0 aliphatic carbocycles. The summed E-state index contributed by atoms with van der Waals surface area (Å²) >= 11 is 0. The lowest BCUT2D eigenvalue weighted by Gasteiger charge is -2.33. The molecule has 0 rings (SSSR count). The SMILES string of the molecule is CCCCC(O)(CC)C(CC)C(=O)OCC. The van der Waals surface area contributed by atoms with Gasteiger partial charge in [-0.3, -0.25) is 4.79 Å². The number of hydrogen-bond donors (Lipinski definition) is 1. The van der Waals surface area contributed by atoms with E-state index in [1.165, 1.54) is 0 Å². The predicted molar refractivity (Wildman–Crippen MR) is 65.2 cm³/mol. The first-order valence-corrected chi connectivity index (χ1v) is 6.44. The molecule has 0 aliphatic heterocycles. The molecule has 0 spiro atoms. The Bertz CT molecular complexity index is 203. The van der Waals surface area contributed by atoms with Gasteiger partial charge in [0, 0.05) is 0 Å². The second-order valence-corrected chi connectivity index (χ2v) is 4.27. The first-order chi connectivity index (χ1) is 7.55. The Labute approximate surface area is 99.2 Å². The van der Waals surface area contributed by atoms with Gasteiger partial charge in [0.25, 0.3) is 0 Å². The molecule has 0 aliphatic rings. The van der Waals surface area contributed by atoms with Crippen LogP contribution in [0.25, 0.3) is 0 Å². The van der Waals surface area contributed by atoms with E-state index in [2.05, 4.69) is 6.92 Å². The first-order valence-electron chi connectivity index (χ1n) is 6.44. The van der Waals surface area contributed by atoms with Crippen LogP contribution in [0.4, 0.5) is 0 Å². The summed E-state index contributed by atoms with van der Waals surface area (Å²) in [5.74, 6) is -0.644. The number of esters is 1. The zero-order valence-corrected chi connectivity index (χ0v) is 11.1. The lowest BCUT2D eigenvalue weighted by molar-refractivity contribution is -0.159. The maximum absolute atomic E-state index is 11.8. The van der Waals surface area contributed by atoms with Crippen LogP contribution in [0.2, 0.25) is 0 Å². The summed E-state index contributed by atoms with van der Waals surface area (Å²) in [6.07, 6.45) is 3.89. The Hall–Kier alpha value is -0.570. The van der Waals surface area contributed by atoms with E-state index in [9.17, 15) is 9.90 Å². The predicted octanol–water partition coefficient (Wildman–Crippen LogP) is 2.91. The Morgan fingerprint density at radius 3 is 2.31 bits per heavy atom. The van der Waals surface area contributed by atoms with Crippen LogP contribution in [0.5, 0.6) is 0 Å². The van der Waals surface area contributed by atoms with E-state index >= 15 is 0 Å². The zero-order valence-electron chi connectivity index (χ0n) is 11.1. The summed E-state index contributed by atoms with van der Waals surface area (Å²) in [5, 5.41) is 10.5. The highest BCUT2D eigenvalue weighted by molar-refractivity contribution is 5.73. The summed E-state index contributed by atoms with van der Waals surface area (Å²) in [4.78, 5) is 11.8. The highest BCUT2D eigenvalue weighted by Crippen LogP contribution is 2.30. The normalized spacial score (nSPS) is 16.6. The molecule has 3 heteroatoms. The van der Waals surface area contributed by atoms with E-state index < -0.39 is 5.60 Å². The fourth-order valence-electron chi connectivity index (χ4n) is 2.09. The van der Waals surface area contributed by atoms with E-state index in [-0.39, 0.29) is 11.9 Å². The fourth-order valence-corrected chi connectivity index (χ4v) is 2.09. The van der Waals surface area contributed by atoms with Crippen LogP contribution in [0.1, 0.15) is 59.8 Å². The van der Waals surface area contributed by atoms with Crippen molar-refractivity contribution < 1.29 is 14.6 Å². The lowest BCUT2D eigenvalue weighted by atomic mass is 9.79. The van der Waals surface area contributed by atoms with Gasteiger partial charge in [0.2, 0.25) is 0 Å². The summed E-state index contributed by atoms with van der Waals surface area (Å²) in [5.41, 5.74) is -0.892. The van der Waals surface area contributed by atoms with Crippen molar-refractivity contribution in [3.8, 4) is 0 Å². The van der Waals surface area contributed by atoms with Gasteiger partial charge in [-0.15, -0.1) is 0 Å². The van der Waals surface area contributed by atoms with Gasteiger partial charge in [0.05, 0.1) is 18.1 Å². The van der Waals surface area contributed by atoms with Crippen LogP contribution in [0, 0.1) is 5.92 Å². The third-order valence-corrected chi connectivity index (χ3v) is 3.20. The van der Waals surface area contributed by atoms with Gasteiger partial charge in [-0.25, -0.2) is 0 Å². The molecule has 0 fully saturated rings. The summed E-state index contributed by atoms with van der Waals surface area (Å²) in [7, 11) is 0. The molecular weight excluding hydrogens is 204 g/mol. The van der Waals surface area contributed by atoms with Crippen LogP contribution < -0.4 is 0 Å². The molecule has 0 bridgehead atoms. The molecular formula is C13H26O3. The minimum absolute atomic E-state index is 0.259. The van der Waals surface area contributed by atoms with Gasteiger partial charge in [-0.05, 0) is 26.2 Å². The van der Waals surface area contributed by atoms with Gasteiger partial charge in [-0.1, -0.05) is 33.6 Å². The second-order valence-electron chi connectivity index (χ2n) is 4.27. The fraction of sp³-hybridized carbons (Fsp3) is 0.923. The molecule has 16 heavy (non-hydrogen) atoms. The van der Waals surface area contributed by atoms with Crippen LogP contribution in [-0.4, -0.2) is 23.3 Å².